The van der Waals surface area contributed by atoms with Gasteiger partial charge in [0.15, 0.2) is 11.0 Å². The van der Waals surface area contributed by atoms with Crippen molar-refractivity contribution in [3.8, 4) is 11.5 Å². The lowest BCUT2D eigenvalue weighted by Crippen LogP contribution is -2.46. The third-order valence-electron chi connectivity index (χ3n) is 5.39. The summed E-state index contributed by atoms with van der Waals surface area (Å²) < 4.78 is 23.7. The zero-order valence-corrected chi connectivity index (χ0v) is 21.2. The molecule has 0 radical (unpaired) electrons. The summed E-state index contributed by atoms with van der Waals surface area (Å²) in [5, 5.41) is 14.5. The highest BCUT2D eigenvalue weighted by molar-refractivity contribution is 7.99. The molecule has 0 saturated carbocycles. The minimum atomic E-state index is -0.768. The topological polar surface area (TPSA) is 130 Å². The fraction of sp³-hybridized carbons (Fsp3) is 0.333. The third-order valence-corrected chi connectivity index (χ3v) is 6.44. The van der Waals surface area contributed by atoms with Crippen LogP contribution in [0.25, 0.3) is 0 Å². The smallest absolute Gasteiger partial charge is 0.338 e. The molecule has 0 aliphatic carbocycles. The molecule has 1 atom stereocenters. The van der Waals surface area contributed by atoms with Crippen molar-refractivity contribution in [1.29, 1.82) is 0 Å². The maximum Gasteiger partial charge on any atom is 0.338 e. The number of hydrogen-bond acceptors (Lipinski definition) is 9. The average Bonchev–Trinajstić information content (AvgIpc) is 3.46. The fourth-order valence-corrected chi connectivity index (χ4v) is 4.46. The summed E-state index contributed by atoms with van der Waals surface area (Å²) in [4.78, 5) is 25.3. The number of benzene rings is 1. The van der Waals surface area contributed by atoms with Crippen LogP contribution < -0.4 is 20.1 Å². The average molecular weight is 514 g/mol. The van der Waals surface area contributed by atoms with Crippen molar-refractivity contribution in [2.24, 2.45) is 7.05 Å². The van der Waals surface area contributed by atoms with Gasteiger partial charge in [0, 0.05) is 18.5 Å². The number of urea groups is 1. The van der Waals surface area contributed by atoms with E-state index >= 15 is 0 Å². The molecule has 0 bridgehead atoms. The van der Waals surface area contributed by atoms with Gasteiger partial charge in [0.1, 0.15) is 35.7 Å². The molecule has 1 aliphatic heterocycles. The number of methoxy groups -OCH3 is 1. The molecule has 0 spiro atoms. The number of aromatic nitrogens is 3. The van der Waals surface area contributed by atoms with Gasteiger partial charge in [-0.05, 0) is 50.2 Å². The number of amides is 2. The van der Waals surface area contributed by atoms with Gasteiger partial charge in [-0.15, -0.1) is 10.2 Å². The molecule has 3 heterocycles. The quantitative estimate of drug-likeness (QED) is 0.310. The number of nitrogens with zero attached hydrogens (tertiary/aromatic N) is 3. The van der Waals surface area contributed by atoms with Crippen LogP contribution in [0.1, 0.15) is 30.3 Å². The van der Waals surface area contributed by atoms with Crippen molar-refractivity contribution in [2.45, 2.75) is 31.7 Å². The van der Waals surface area contributed by atoms with E-state index in [2.05, 4.69) is 20.8 Å². The van der Waals surface area contributed by atoms with Crippen molar-refractivity contribution in [1.82, 2.24) is 25.4 Å². The number of thioether (sulfide) groups is 1. The van der Waals surface area contributed by atoms with Crippen LogP contribution in [0.4, 0.5) is 4.79 Å². The fourth-order valence-electron chi connectivity index (χ4n) is 3.56. The van der Waals surface area contributed by atoms with Crippen LogP contribution in [0.2, 0.25) is 0 Å². The van der Waals surface area contributed by atoms with Crippen LogP contribution in [0, 0.1) is 6.92 Å². The van der Waals surface area contributed by atoms with E-state index in [1.165, 1.54) is 11.8 Å². The van der Waals surface area contributed by atoms with E-state index in [9.17, 15) is 9.59 Å². The van der Waals surface area contributed by atoms with Crippen LogP contribution in [0.3, 0.4) is 0 Å². The Morgan fingerprint density at radius 3 is 2.58 bits per heavy atom. The normalized spacial score (nSPS) is 15.3. The second-order valence-corrected chi connectivity index (χ2v) is 8.75. The molecule has 4 rings (SSSR count). The van der Waals surface area contributed by atoms with E-state index in [1.54, 1.807) is 37.7 Å². The summed E-state index contributed by atoms with van der Waals surface area (Å²) in [6, 6.07) is 9.54. The molecule has 0 saturated heterocycles. The minimum absolute atomic E-state index is 0.196. The van der Waals surface area contributed by atoms with Gasteiger partial charge in [0.05, 0.1) is 19.3 Å². The van der Waals surface area contributed by atoms with Crippen molar-refractivity contribution >= 4 is 23.8 Å². The first-order chi connectivity index (χ1) is 17.4. The van der Waals surface area contributed by atoms with Gasteiger partial charge in [0.25, 0.3) is 0 Å². The Kier molecular flexibility index (Phi) is 7.84. The SMILES string of the molecule is CCOC(=O)C1=C(CSc2nnc(COc3ccc(OC)cc3)n2C)NC(=O)NC1c1ccc(C)o1. The number of ether oxygens (including phenoxy) is 3. The maximum atomic E-state index is 12.9. The Morgan fingerprint density at radius 1 is 1.17 bits per heavy atom. The van der Waals surface area contributed by atoms with Crippen molar-refractivity contribution in [3.05, 3.63) is 65.0 Å². The van der Waals surface area contributed by atoms with Crippen LogP contribution >= 0.6 is 11.8 Å². The Hall–Kier alpha value is -3.93. The van der Waals surface area contributed by atoms with Crippen molar-refractivity contribution < 1.29 is 28.2 Å². The zero-order valence-electron chi connectivity index (χ0n) is 20.4. The standard InChI is InChI=1S/C24H27N5O6S/c1-5-33-22(30)20-17(25-23(31)26-21(20)18-11-6-14(2)35-18)13-36-24-28-27-19(29(24)3)12-34-16-9-7-15(32-4)8-10-16/h6-11,21H,5,12-13H2,1-4H3,(H2,25,26,31). The van der Waals surface area contributed by atoms with Gasteiger partial charge in [-0.1, -0.05) is 11.8 Å². The van der Waals surface area contributed by atoms with Gasteiger partial charge < -0.3 is 33.8 Å². The summed E-state index contributed by atoms with van der Waals surface area (Å²) in [7, 11) is 3.43. The lowest BCUT2D eigenvalue weighted by molar-refractivity contribution is -0.139. The minimum Gasteiger partial charge on any atom is -0.497 e. The van der Waals surface area contributed by atoms with Crippen molar-refractivity contribution in [2.75, 3.05) is 19.5 Å². The molecule has 1 unspecified atom stereocenters. The van der Waals surface area contributed by atoms with E-state index in [4.69, 9.17) is 18.6 Å². The number of nitrogens with one attached hydrogen (secondary N) is 2. The molecule has 1 aliphatic rings. The predicted octanol–water partition coefficient (Wildman–Crippen LogP) is 3.27. The molecule has 36 heavy (non-hydrogen) atoms. The lowest BCUT2D eigenvalue weighted by atomic mass is 10.0. The molecule has 11 nitrogen and oxygen atoms in total. The number of carbonyl (C=O) groups excluding carboxylic acids is 2. The van der Waals surface area contributed by atoms with Gasteiger partial charge >= 0.3 is 12.0 Å². The summed E-state index contributed by atoms with van der Waals surface area (Å²) >= 11 is 1.32. The number of furan rings is 1. The molecule has 190 valence electrons. The molecule has 2 N–H and O–H groups in total. The van der Waals surface area contributed by atoms with Crippen LogP contribution in [0.5, 0.6) is 11.5 Å². The lowest BCUT2D eigenvalue weighted by Gasteiger charge is -2.27. The van der Waals surface area contributed by atoms with E-state index in [0.29, 0.717) is 33.9 Å². The molecular formula is C24H27N5O6S. The molecule has 1 aromatic carbocycles. The van der Waals surface area contributed by atoms with E-state index in [0.717, 1.165) is 5.75 Å². The first-order valence-electron chi connectivity index (χ1n) is 11.2. The van der Waals surface area contributed by atoms with Crippen LogP contribution in [0.15, 0.2) is 57.2 Å². The summed E-state index contributed by atoms with van der Waals surface area (Å²) in [5.74, 6) is 2.87. The highest BCUT2D eigenvalue weighted by Crippen LogP contribution is 2.31. The van der Waals surface area contributed by atoms with Gasteiger partial charge in [-0.3, -0.25) is 0 Å². The van der Waals surface area contributed by atoms with Crippen LogP contribution in [-0.4, -0.2) is 46.2 Å². The molecular weight excluding hydrogens is 486 g/mol. The zero-order chi connectivity index (χ0) is 25.7. The number of carbonyl (C=O) groups is 2. The van der Waals surface area contributed by atoms with E-state index in [1.807, 2.05) is 31.3 Å². The highest BCUT2D eigenvalue weighted by atomic mass is 32.2. The van der Waals surface area contributed by atoms with E-state index < -0.39 is 18.0 Å². The van der Waals surface area contributed by atoms with E-state index in [-0.39, 0.29) is 24.5 Å². The number of hydrogen-bond donors (Lipinski definition) is 2. The Bertz CT molecular complexity index is 1270. The molecule has 2 amide bonds. The van der Waals surface area contributed by atoms with Gasteiger partial charge in [0.2, 0.25) is 0 Å². The molecule has 0 fully saturated rings. The van der Waals surface area contributed by atoms with Gasteiger partial charge in [-0.25, -0.2) is 9.59 Å². The number of esters is 1. The number of rotatable bonds is 10. The first-order valence-corrected chi connectivity index (χ1v) is 12.2. The number of aryl methyl sites for hydroxylation is 1. The summed E-state index contributed by atoms with van der Waals surface area (Å²) in [6.45, 7) is 3.93. The second kappa shape index (κ2) is 11.2. The third kappa shape index (κ3) is 5.65. The van der Waals surface area contributed by atoms with Crippen molar-refractivity contribution in [3.63, 3.8) is 0 Å². The predicted molar refractivity (Wildman–Crippen MR) is 131 cm³/mol. The largest absolute Gasteiger partial charge is 0.497 e. The summed E-state index contributed by atoms with van der Waals surface area (Å²) in [5.41, 5.74) is 0.698. The van der Waals surface area contributed by atoms with Crippen LogP contribution in [-0.2, 0) is 23.2 Å². The summed E-state index contributed by atoms with van der Waals surface area (Å²) in [6.07, 6.45) is 0. The molecule has 2 aromatic heterocycles. The maximum absolute atomic E-state index is 12.9. The monoisotopic (exact) mass is 513 g/mol. The highest BCUT2D eigenvalue weighted by Gasteiger charge is 2.35. The first kappa shape index (κ1) is 25.2. The van der Waals surface area contributed by atoms with Gasteiger partial charge in [-0.2, -0.15) is 0 Å². The Morgan fingerprint density at radius 2 is 1.92 bits per heavy atom. The Labute approximate surface area is 212 Å². The molecule has 3 aromatic rings. The Balaban J connectivity index is 1.50. The molecule has 12 heteroatoms. The second-order valence-electron chi connectivity index (χ2n) is 7.80.